The molecule has 0 aromatic heterocycles. The average molecular weight is 587 g/mol. The van der Waals surface area contributed by atoms with E-state index in [-0.39, 0.29) is 48.3 Å². The zero-order valence-electron chi connectivity index (χ0n) is 23.8. The van der Waals surface area contributed by atoms with Gasteiger partial charge < -0.3 is 9.64 Å². The van der Waals surface area contributed by atoms with Crippen molar-refractivity contribution < 1.29 is 28.3 Å². The summed E-state index contributed by atoms with van der Waals surface area (Å²) in [5, 5.41) is 0. The molecule has 4 aromatic rings. The molecule has 2 aliphatic heterocycles. The lowest BCUT2D eigenvalue weighted by Crippen LogP contribution is -2.41. The molecule has 3 amide bonds. The minimum Gasteiger partial charge on any atom is -0.426 e. The number of esters is 1. The Morgan fingerprint density at radius 2 is 1.32 bits per heavy atom. The van der Waals surface area contributed by atoms with E-state index >= 15 is 0 Å². The third-order valence-corrected chi connectivity index (χ3v) is 9.67. The number of halogens is 1. The number of anilines is 2. The molecule has 3 atom stereocenters. The fourth-order valence-electron chi connectivity index (χ4n) is 7.79. The van der Waals surface area contributed by atoms with Crippen LogP contribution in [0.1, 0.15) is 46.1 Å². The highest BCUT2D eigenvalue weighted by molar-refractivity contribution is 6.23. The second-order valence-electron chi connectivity index (χ2n) is 12.0. The van der Waals surface area contributed by atoms with E-state index in [1.807, 2.05) is 24.3 Å². The molecule has 0 spiro atoms. The van der Waals surface area contributed by atoms with E-state index < -0.39 is 29.5 Å². The highest BCUT2D eigenvalue weighted by Gasteiger charge is 2.61. The first-order chi connectivity index (χ1) is 21.3. The van der Waals surface area contributed by atoms with Crippen LogP contribution >= 0.6 is 0 Å². The minimum absolute atomic E-state index is 0.0139. The van der Waals surface area contributed by atoms with Crippen molar-refractivity contribution in [2.45, 2.75) is 25.2 Å². The van der Waals surface area contributed by atoms with Gasteiger partial charge in [0.05, 0.1) is 23.4 Å². The van der Waals surface area contributed by atoms with Crippen LogP contribution in [0, 0.1) is 30.5 Å². The Morgan fingerprint density at radius 1 is 0.773 bits per heavy atom. The summed E-state index contributed by atoms with van der Waals surface area (Å²) in [6.07, 6.45) is -0.0139. The van der Waals surface area contributed by atoms with Gasteiger partial charge in [-0.05, 0) is 77.2 Å². The molecule has 8 heteroatoms. The molecule has 218 valence electrons. The Morgan fingerprint density at radius 3 is 1.84 bits per heavy atom. The van der Waals surface area contributed by atoms with Crippen molar-refractivity contribution in [3.63, 3.8) is 0 Å². The van der Waals surface area contributed by atoms with Crippen molar-refractivity contribution in [2.24, 2.45) is 17.8 Å². The number of carbonyl (C=O) groups excluding carboxylic acids is 4. The largest absolute Gasteiger partial charge is 0.426 e. The van der Waals surface area contributed by atoms with Crippen molar-refractivity contribution in [3.8, 4) is 5.75 Å². The third-order valence-electron chi connectivity index (χ3n) is 9.67. The quantitative estimate of drug-likeness (QED) is 0.180. The molecule has 44 heavy (non-hydrogen) atoms. The van der Waals surface area contributed by atoms with Gasteiger partial charge in [-0.15, -0.1) is 0 Å². The molecular weight excluding hydrogens is 559 g/mol. The van der Waals surface area contributed by atoms with Crippen LogP contribution in [0.5, 0.6) is 5.75 Å². The number of rotatable bonds is 4. The van der Waals surface area contributed by atoms with E-state index in [9.17, 15) is 23.6 Å². The topological polar surface area (TPSA) is 84.0 Å². The molecule has 0 saturated carbocycles. The molecule has 3 aliphatic carbocycles. The Kier molecular flexibility index (Phi) is 5.85. The van der Waals surface area contributed by atoms with Gasteiger partial charge in [0.15, 0.2) is 0 Å². The van der Waals surface area contributed by atoms with Gasteiger partial charge in [0, 0.05) is 30.5 Å². The molecule has 0 unspecified atom stereocenters. The molecule has 2 bridgehead atoms. The number of amides is 3. The molecule has 7 nitrogen and oxygen atoms in total. The summed E-state index contributed by atoms with van der Waals surface area (Å²) >= 11 is 0. The van der Waals surface area contributed by atoms with Crippen molar-refractivity contribution in [1.82, 2.24) is 0 Å². The van der Waals surface area contributed by atoms with Crippen LogP contribution in [0.4, 0.5) is 15.8 Å². The van der Waals surface area contributed by atoms with Gasteiger partial charge in [0.2, 0.25) is 17.7 Å². The predicted octanol–water partition coefficient (Wildman–Crippen LogP) is 5.49. The fourth-order valence-corrected chi connectivity index (χ4v) is 7.79. The van der Waals surface area contributed by atoms with Gasteiger partial charge in [-0.1, -0.05) is 48.5 Å². The van der Waals surface area contributed by atoms with Crippen LogP contribution in [-0.2, 0) is 19.2 Å². The zero-order valence-corrected chi connectivity index (χ0v) is 23.8. The summed E-state index contributed by atoms with van der Waals surface area (Å²) in [6.45, 7) is 1.91. The van der Waals surface area contributed by atoms with Crippen LogP contribution in [0.3, 0.4) is 0 Å². The third kappa shape index (κ3) is 3.80. The van der Waals surface area contributed by atoms with Gasteiger partial charge in [-0.3, -0.25) is 19.2 Å². The van der Waals surface area contributed by atoms with Crippen LogP contribution in [0.25, 0.3) is 0 Å². The van der Waals surface area contributed by atoms with Gasteiger partial charge in [-0.2, -0.15) is 0 Å². The summed E-state index contributed by atoms with van der Waals surface area (Å²) in [6, 6.07) is 26.7. The molecule has 2 heterocycles. The second kappa shape index (κ2) is 9.71. The molecule has 5 aliphatic rings. The van der Waals surface area contributed by atoms with Gasteiger partial charge >= 0.3 is 5.97 Å². The van der Waals surface area contributed by atoms with Crippen molar-refractivity contribution in [3.05, 3.63) is 125 Å². The number of hydrogen-bond donors (Lipinski definition) is 0. The fraction of sp³-hybridized carbons (Fsp3) is 0.222. The maximum Gasteiger partial charge on any atom is 0.316 e. The van der Waals surface area contributed by atoms with Crippen molar-refractivity contribution in [2.75, 3.05) is 16.3 Å². The van der Waals surface area contributed by atoms with E-state index in [4.69, 9.17) is 4.74 Å². The smallest absolute Gasteiger partial charge is 0.316 e. The second-order valence-corrected chi connectivity index (χ2v) is 12.0. The predicted molar refractivity (Wildman–Crippen MR) is 160 cm³/mol. The van der Waals surface area contributed by atoms with Gasteiger partial charge in [0.25, 0.3) is 0 Å². The molecule has 0 N–H and O–H groups in total. The highest BCUT2D eigenvalue weighted by atomic mass is 19.1. The summed E-state index contributed by atoms with van der Waals surface area (Å²) in [4.78, 5) is 56.6. The summed E-state index contributed by atoms with van der Waals surface area (Å²) in [5.41, 5.74) is 6.07. The van der Waals surface area contributed by atoms with Crippen LogP contribution < -0.4 is 14.5 Å². The Bertz CT molecular complexity index is 1790. The minimum atomic E-state index is -0.684. The number of hydrogen-bond acceptors (Lipinski definition) is 5. The van der Waals surface area contributed by atoms with Crippen LogP contribution in [0.2, 0.25) is 0 Å². The normalized spacial score (nSPS) is 24.8. The number of carbonyl (C=O) groups is 4. The first kappa shape index (κ1) is 26.5. The average Bonchev–Trinajstić information content (AvgIpc) is 3.55. The number of ether oxygens (including phenoxy) is 1. The SMILES string of the molecule is Cc1cc(OC(=O)[C@@H]2CC(=O)N(c3ccc(F)cc3)C2)ccc1N1C(=O)[C@@H]2C3c4ccccc4C(c4ccccc43)[C@H]2C1=O. The monoisotopic (exact) mass is 586 g/mol. The Labute approximate surface area is 252 Å². The Balaban J connectivity index is 1.04. The number of nitrogens with zero attached hydrogens (tertiary/aromatic N) is 2. The maximum absolute atomic E-state index is 14.1. The summed E-state index contributed by atoms with van der Waals surface area (Å²) in [7, 11) is 0. The van der Waals surface area contributed by atoms with Crippen LogP contribution in [-0.4, -0.2) is 30.2 Å². The molecule has 0 radical (unpaired) electrons. The lowest BCUT2D eigenvalue weighted by molar-refractivity contribution is -0.139. The van der Waals surface area contributed by atoms with E-state index in [0.29, 0.717) is 16.9 Å². The van der Waals surface area contributed by atoms with E-state index in [0.717, 1.165) is 22.3 Å². The van der Waals surface area contributed by atoms with Crippen LogP contribution in [0.15, 0.2) is 91.0 Å². The molecular formula is C36H27FN2O5. The molecule has 4 aromatic carbocycles. The molecule has 2 saturated heterocycles. The zero-order chi connectivity index (χ0) is 30.3. The summed E-state index contributed by atoms with van der Waals surface area (Å²) < 4.78 is 19.0. The number of imide groups is 1. The van der Waals surface area contributed by atoms with Gasteiger partial charge in [0.1, 0.15) is 11.6 Å². The van der Waals surface area contributed by atoms with Gasteiger partial charge in [-0.25, -0.2) is 9.29 Å². The van der Waals surface area contributed by atoms with E-state index in [2.05, 4.69) is 24.3 Å². The van der Waals surface area contributed by atoms with Crippen molar-refractivity contribution >= 4 is 35.1 Å². The standard InChI is InChI=1S/C36H27FN2O5/c1-19-16-23(44-36(43)20-17-29(40)38(18-20)22-12-10-21(37)11-13-22)14-15-28(19)39-34(41)32-30-24-6-2-3-7-25(24)31(33(32)35(39)42)27-9-5-4-8-26(27)30/h2-16,20,30-33H,17-18H2,1H3/t20-,30?,31?,32-,33-/m1/s1. The maximum atomic E-state index is 14.1. The lowest BCUT2D eigenvalue weighted by atomic mass is 9.55. The molecule has 2 fully saturated rings. The highest BCUT2D eigenvalue weighted by Crippen LogP contribution is 2.61. The first-order valence-electron chi connectivity index (χ1n) is 14.8. The number of aryl methyl sites for hydroxylation is 1. The van der Waals surface area contributed by atoms with E-state index in [1.54, 1.807) is 25.1 Å². The number of benzene rings is 4. The summed E-state index contributed by atoms with van der Waals surface area (Å²) in [5.74, 6) is -3.40. The van der Waals surface area contributed by atoms with E-state index in [1.165, 1.54) is 34.1 Å². The molecule has 9 rings (SSSR count). The Hall–Kier alpha value is -5.11. The van der Waals surface area contributed by atoms with Crippen molar-refractivity contribution in [1.29, 1.82) is 0 Å². The lowest BCUT2D eigenvalue weighted by Gasteiger charge is -2.45. The first-order valence-corrected chi connectivity index (χ1v) is 14.8.